The summed E-state index contributed by atoms with van der Waals surface area (Å²) < 4.78 is 0. The van der Waals surface area contributed by atoms with E-state index in [4.69, 9.17) is 0 Å². The van der Waals surface area contributed by atoms with Crippen molar-refractivity contribution in [2.24, 2.45) is 0 Å². The molecule has 0 aromatic carbocycles. The molecule has 54 heavy (non-hydrogen) atoms. The van der Waals surface area contributed by atoms with Gasteiger partial charge in [-0.25, -0.2) is 0 Å². The summed E-state index contributed by atoms with van der Waals surface area (Å²) in [4.78, 5) is 24.1. The molecule has 0 rings (SSSR count). The first-order valence-electron chi connectivity index (χ1n) is 23.4. The summed E-state index contributed by atoms with van der Waals surface area (Å²) in [5.74, 6) is 0.365. The molecular weight excluding hydrogens is 669 g/mol. The quantitative estimate of drug-likeness (QED) is 0.0273. The number of unbranched alkanes of at least 4 members (excludes halogenated alkanes) is 22. The minimum Gasteiger partial charge on any atom is -0.355 e. The van der Waals surface area contributed by atoms with Crippen molar-refractivity contribution in [1.29, 1.82) is 0 Å². The fraction of sp³-hybridized carbons (Fsp3) is 0.870. The van der Waals surface area contributed by atoms with Crippen molar-refractivity contribution in [2.45, 2.75) is 194 Å². The number of allylic oxidation sites excluding steroid dienone is 4. The van der Waals surface area contributed by atoms with E-state index in [1.807, 2.05) is 0 Å². The molecule has 0 saturated heterocycles. The molecule has 8 nitrogen and oxygen atoms in total. The Bertz CT molecular complexity index is 755. The molecule has 0 spiro atoms. The molecule has 0 aliphatic heterocycles. The molecule has 0 heterocycles. The van der Waals surface area contributed by atoms with Gasteiger partial charge in [0.05, 0.1) is 0 Å². The summed E-state index contributed by atoms with van der Waals surface area (Å²) in [6, 6.07) is 0. The van der Waals surface area contributed by atoms with Crippen molar-refractivity contribution < 1.29 is 9.59 Å². The van der Waals surface area contributed by atoms with E-state index in [0.29, 0.717) is 25.9 Å². The third kappa shape index (κ3) is 46.4. The van der Waals surface area contributed by atoms with Gasteiger partial charge in [0.15, 0.2) is 0 Å². The lowest BCUT2D eigenvalue weighted by Gasteiger charge is -2.09. The van der Waals surface area contributed by atoms with Gasteiger partial charge in [0.2, 0.25) is 11.8 Å². The third-order valence-electron chi connectivity index (χ3n) is 10.0. The molecule has 0 radical (unpaired) electrons. The van der Waals surface area contributed by atoms with Gasteiger partial charge >= 0.3 is 0 Å². The molecule has 0 saturated carbocycles. The number of rotatable bonds is 45. The van der Waals surface area contributed by atoms with Crippen molar-refractivity contribution in [1.82, 2.24) is 31.9 Å². The van der Waals surface area contributed by atoms with Gasteiger partial charge in [0.25, 0.3) is 0 Å². The fourth-order valence-electron chi connectivity index (χ4n) is 6.50. The van der Waals surface area contributed by atoms with E-state index in [1.54, 1.807) is 0 Å². The highest BCUT2D eigenvalue weighted by atomic mass is 16.2. The molecule has 0 aliphatic rings. The normalized spacial score (nSPS) is 11.7. The first-order chi connectivity index (χ1) is 26.7. The molecule has 8 heteroatoms. The highest BCUT2D eigenvalue weighted by Gasteiger charge is 2.02. The average molecular weight is 761 g/mol. The van der Waals surface area contributed by atoms with Crippen LogP contribution in [0.3, 0.4) is 0 Å². The molecule has 0 bridgehead atoms. The number of hydrogen-bond donors (Lipinski definition) is 6. The van der Waals surface area contributed by atoms with Gasteiger partial charge in [0, 0.05) is 78.3 Å². The van der Waals surface area contributed by atoms with Crippen LogP contribution >= 0.6 is 0 Å². The Hall–Kier alpha value is -1.74. The highest BCUT2D eigenvalue weighted by Crippen LogP contribution is 2.11. The summed E-state index contributed by atoms with van der Waals surface area (Å²) in [6.07, 6.45) is 44.1. The second-order valence-corrected chi connectivity index (χ2v) is 15.4. The van der Waals surface area contributed by atoms with Crippen molar-refractivity contribution >= 4 is 11.8 Å². The largest absolute Gasteiger partial charge is 0.355 e. The zero-order chi connectivity index (χ0) is 39.1. The van der Waals surface area contributed by atoms with E-state index in [-0.39, 0.29) is 11.8 Å². The molecule has 2 amide bonds. The molecule has 0 aromatic heterocycles. The number of hydrogen-bond acceptors (Lipinski definition) is 6. The van der Waals surface area contributed by atoms with Crippen LogP contribution in [0.25, 0.3) is 0 Å². The van der Waals surface area contributed by atoms with Crippen LogP contribution in [0.5, 0.6) is 0 Å². The predicted octanol–water partition coefficient (Wildman–Crippen LogP) is 9.65. The van der Waals surface area contributed by atoms with Crippen LogP contribution in [0.4, 0.5) is 0 Å². The van der Waals surface area contributed by atoms with Crippen LogP contribution in [0.15, 0.2) is 24.3 Å². The molecule has 6 N–H and O–H groups in total. The first-order valence-corrected chi connectivity index (χ1v) is 23.4. The predicted molar refractivity (Wildman–Crippen MR) is 236 cm³/mol. The second-order valence-electron chi connectivity index (χ2n) is 15.4. The third-order valence-corrected chi connectivity index (χ3v) is 10.0. The van der Waals surface area contributed by atoms with Gasteiger partial charge < -0.3 is 31.9 Å². The monoisotopic (exact) mass is 761 g/mol. The Kier molecular flexibility index (Phi) is 45.9. The van der Waals surface area contributed by atoms with Crippen LogP contribution in [0, 0.1) is 0 Å². The first kappa shape index (κ1) is 52.3. The van der Waals surface area contributed by atoms with Crippen molar-refractivity contribution in [3.63, 3.8) is 0 Å². The maximum Gasteiger partial charge on any atom is 0.220 e. The summed E-state index contributed by atoms with van der Waals surface area (Å²) >= 11 is 0. The fourth-order valence-corrected chi connectivity index (χ4v) is 6.50. The van der Waals surface area contributed by atoms with Crippen LogP contribution in [0.1, 0.15) is 194 Å². The minimum absolute atomic E-state index is 0.182. The van der Waals surface area contributed by atoms with E-state index in [2.05, 4.69) is 70.1 Å². The Balaban J connectivity index is 3.25. The topological polar surface area (TPSA) is 106 Å². The maximum absolute atomic E-state index is 12.1. The van der Waals surface area contributed by atoms with Crippen molar-refractivity contribution in [3.8, 4) is 0 Å². The van der Waals surface area contributed by atoms with E-state index in [0.717, 1.165) is 78.0 Å². The Labute approximate surface area is 335 Å². The summed E-state index contributed by atoms with van der Waals surface area (Å²) in [7, 11) is 0. The number of carbonyl (C=O) groups excluding carboxylic acids is 2. The smallest absolute Gasteiger partial charge is 0.220 e. The Morgan fingerprint density at radius 2 is 0.556 bits per heavy atom. The second kappa shape index (κ2) is 47.4. The van der Waals surface area contributed by atoms with Gasteiger partial charge in [-0.2, -0.15) is 0 Å². The number of carbonyl (C=O) groups is 2. The molecule has 0 aliphatic carbocycles. The molecular formula is C46H92N6O2. The lowest BCUT2D eigenvalue weighted by molar-refractivity contribution is -0.122. The van der Waals surface area contributed by atoms with Crippen LogP contribution in [-0.4, -0.2) is 77.3 Å². The van der Waals surface area contributed by atoms with Gasteiger partial charge in [-0.3, -0.25) is 9.59 Å². The van der Waals surface area contributed by atoms with Crippen LogP contribution in [0.2, 0.25) is 0 Å². The van der Waals surface area contributed by atoms with Crippen LogP contribution < -0.4 is 31.9 Å². The summed E-state index contributed by atoms with van der Waals surface area (Å²) in [5.41, 5.74) is 0. The van der Waals surface area contributed by atoms with E-state index in [9.17, 15) is 9.59 Å². The number of amides is 2. The van der Waals surface area contributed by atoms with E-state index >= 15 is 0 Å². The van der Waals surface area contributed by atoms with Crippen LogP contribution in [-0.2, 0) is 9.59 Å². The molecule has 0 fully saturated rings. The lowest BCUT2D eigenvalue weighted by Crippen LogP contribution is -2.38. The van der Waals surface area contributed by atoms with Gasteiger partial charge in [-0.1, -0.05) is 141 Å². The lowest BCUT2D eigenvalue weighted by atomic mass is 10.1. The number of nitrogens with one attached hydrogen (secondary N) is 6. The molecule has 0 unspecified atom stereocenters. The van der Waals surface area contributed by atoms with E-state index in [1.165, 1.54) is 141 Å². The van der Waals surface area contributed by atoms with Gasteiger partial charge in [-0.15, -0.1) is 0 Å². The van der Waals surface area contributed by atoms with Gasteiger partial charge in [-0.05, 0) is 64.2 Å². The minimum atomic E-state index is 0.182. The molecule has 0 aromatic rings. The van der Waals surface area contributed by atoms with Gasteiger partial charge in [0.1, 0.15) is 0 Å². The zero-order valence-corrected chi connectivity index (χ0v) is 36.0. The Morgan fingerprint density at radius 1 is 0.315 bits per heavy atom. The maximum atomic E-state index is 12.1. The van der Waals surface area contributed by atoms with E-state index < -0.39 is 0 Å². The SMILES string of the molecule is CCCCCCCC/C=C\CCCCCCCC(=O)NCCNCCNCCNCCNCCNC(=O)CCCCCCC/C=C\CCCCCCCC. The van der Waals surface area contributed by atoms with Crippen molar-refractivity contribution in [2.75, 3.05) is 65.4 Å². The Morgan fingerprint density at radius 3 is 0.852 bits per heavy atom. The summed E-state index contributed by atoms with van der Waals surface area (Å²) in [6.45, 7) is 13.0. The summed E-state index contributed by atoms with van der Waals surface area (Å²) in [5, 5.41) is 19.7. The molecule has 0 atom stereocenters. The average Bonchev–Trinajstić information content (AvgIpc) is 3.17. The zero-order valence-electron chi connectivity index (χ0n) is 36.0. The molecule has 318 valence electrons. The highest BCUT2D eigenvalue weighted by molar-refractivity contribution is 5.76. The van der Waals surface area contributed by atoms with Crippen molar-refractivity contribution in [3.05, 3.63) is 24.3 Å². The standard InChI is InChI=1S/C46H92N6O2/c1-3-5-7-9-11-13-15-17-19-21-23-25-27-29-31-33-45(53)51-43-41-49-39-37-47-35-36-48-38-40-50-42-44-52-46(54)34-32-30-28-26-24-22-20-18-16-14-12-10-8-6-4-2/h17-20,47-50H,3-16,21-44H2,1-2H3,(H,51,53)(H,52,54)/b19-17-,20-18-.